The van der Waals surface area contributed by atoms with Crippen molar-refractivity contribution in [1.82, 2.24) is 10.2 Å². The maximum Gasteiger partial charge on any atom is 0.111 e. The molecule has 48 valence electrons. The first-order valence-corrected chi connectivity index (χ1v) is 2.61. The quantitative estimate of drug-likeness (QED) is 0.354. The van der Waals surface area contributed by atoms with Crippen molar-refractivity contribution in [2.45, 2.75) is 13.8 Å². The lowest BCUT2D eigenvalue weighted by atomic mass is 10.4. The van der Waals surface area contributed by atoms with Gasteiger partial charge in [-0.1, -0.05) is 0 Å². The average Bonchev–Trinajstić information content (AvgIpc) is 1.59. The molecule has 4 heteroatoms. The Morgan fingerprint density at radius 1 is 1.33 bits per heavy atom. The molecule has 0 bridgehead atoms. The van der Waals surface area contributed by atoms with Gasteiger partial charge in [-0.15, -0.1) is 0 Å². The molecule has 1 aromatic heterocycles. The first kappa shape index (κ1) is 5.94. The molecule has 0 amide bonds. The van der Waals surface area contributed by atoms with Gasteiger partial charge in [0.05, 0.1) is 4.96 Å². The fourth-order valence-corrected chi connectivity index (χ4v) is 0.652. The van der Waals surface area contributed by atoms with Crippen molar-refractivity contribution < 1.29 is 4.96 Å². The number of hydrogen-bond acceptors (Lipinski definition) is 3. The van der Waals surface area contributed by atoms with E-state index in [-0.39, 0.29) is 0 Å². The lowest BCUT2D eigenvalue weighted by molar-refractivity contribution is -0.729. The van der Waals surface area contributed by atoms with Crippen LogP contribution >= 0.6 is 0 Å². The summed E-state index contributed by atoms with van der Waals surface area (Å²) >= 11 is 0. The molecular formula is C5H7N3O. The number of rotatable bonds is 0. The molecule has 0 aromatic carbocycles. The predicted octanol–water partition coefficient (Wildman–Crippen LogP) is -0.273. The zero-order valence-electron chi connectivity index (χ0n) is 5.33. The van der Waals surface area contributed by atoms with Gasteiger partial charge in [0, 0.05) is 10.2 Å². The summed E-state index contributed by atoms with van der Waals surface area (Å²) in [6.45, 7) is 3.51. The predicted molar refractivity (Wildman–Crippen MR) is 30.5 cm³/mol. The minimum atomic E-state index is 0.324. The molecular weight excluding hydrogens is 118 g/mol. The van der Waals surface area contributed by atoms with Crippen LogP contribution in [0, 0.1) is 19.1 Å². The van der Waals surface area contributed by atoms with E-state index in [2.05, 4.69) is 10.2 Å². The van der Waals surface area contributed by atoms with E-state index in [4.69, 9.17) is 0 Å². The second-order valence-electron chi connectivity index (χ2n) is 1.88. The summed E-state index contributed by atoms with van der Waals surface area (Å²) in [6, 6.07) is 1.74. The molecule has 9 heavy (non-hydrogen) atoms. The molecule has 1 aromatic rings. The Balaban J connectivity index is 3.17. The van der Waals surface area contributed by atoms with Crippen molar-refractivity contribution in [2.75, 3.05) is 0 Å². The molecule has 0 aliphatic carbocycles. The van der Waals surface area contributed by atoms with Crippen LogP contribution < -0.4 is 4.96 Å². The molecule has 1 heterocycles. The summed E-state index contributed by atoms with van der Waals surface area (Å²) in [5.41, 5.74) is 1.38. The van der Waals surface area contributed by atoms with Crippen LogP contribution in [0.1, 0.15) is 11.4 Å². The van der Waals surface area contributed by atoms with Gasteiger partial charge in [0.15, 0.2) is 0 Å². The minimum Gasteiger partial charge on any atom is -0.569 e. The van der Waals surface area contributed by atoms with Gasteiger partial charge in [-0.2, -0.15) is 0 Å². The van der Waals surface area contributed by atoms with Crippen molar-refractivity contribution in [1.29, 1.82) is 0 Å². The lowest BCUT2D eigenvalue weighted by Crippen LogP contribution is -2.36. The third-order valence-electron chi connectivity index (χ3n) is 0.904. The standard InChI is InChI=1S/C5H7N3O/c1-4-3-5(2)7-8(9)6-4/h3H,1-2H3. The highest BCUT2D eigenvalue weighted by Gasteiger charge is 1.96. The fourth-order valence-electron chi connectivity index (χ4n) is 0.652. The maximum absolute atomic E-state index is 10.4. The second-order valence-corrected chi connectivity index (χ2v) is 1.88. The van der Waals surface area contributed by atoms with E-state index in [0.717, 1.165) is 0 Å². The third kappa shape index (κ3) is 1.35. The number of aromatic nitrogens is 3. The van der Waals surface area contributed by atoms with Gasteiger partial charge < -0.3 is 5.21 Å². The number of hydrogen-bond donors (Lipinski definition) is 0. The fraction of sp³-hybridized carbons (Fsp3) is 0.400. The normalized spacial score (nSPS) is 9.56. The molecule has 4 nitrogen and oxygen atoms in total. The Morgan fingerprint density at radius 3 is 2.11 bits per heavy atom. The summed E-state index contributed by atoms with van der Waals surface area (Å²) in [4.78, 5) is 0.324. The van der Waals surface area contributed by atoms with E-state index in [0.29, 0.717) is 16.3 Å². The topological polar surface area (TPSA) is 52.7 Å². The largest absolute Gasteiger partial charge is 0.569 e. The zero-order valence-corrected chi connectivity index (χ0v) is 5.33. The van der Waals surface area contributed by atoms with E-state index in [9.17, 15) is 5.21 Å². The summed E-state index contributed by atoms with van der Waals surface area (Å²) in [5.74, 6) is 0. The highest BCUT2D eigenvalue weighted by Crippen LogP contribution is 1.88. The molecule has 0 spiro atoms. The van der Waals surface area contributed by atoms with E-state index < -0.39 is 0 Å². The molecule has 0 atom stereocenters. The summed E-state index contributed by atoms with van der Waals surface area (Å²) in [5, 5.41) is 17.4. The van der Waals surface area contributed by atoms with Crippen molar-refractivity contribution in [2.24, 2.45) is 0 Å². The van der Waals surface area contributed by atoms with E-state index in [1.165, 1.54) is 0 Å². The van der Waals surface area contributed by atoms with Crippen LogP contribution in [0.2, 0.25) is 0 Å². The van der Waals surface area contributed by atoms with Gasteiger partial charge in [0.1, 0.15) is 11.4 Å². The van der Waals surface area contributed by atoms with Gasteiger partial charge in [-0.05, 0) is 19.9 Å². The van der Waals surface area contributed by atoms with E-state index in [1.807, 2.05) is 0 Å². The van der Waals surface area contributed by atoms with Crippen molar-refractivity contribution >= 4 is 0 Å². The van der Waals surface area contributed by atoms with Gasteiger partial charge in [-0.3, -0.25) is 0 Å². The zero-order chi connectivity index (χ0) is 6.85. The summed E-state index contributed by atoms with van der Waals surface area (Å²) in [7, 11) is 0. The Morgan fingerprint density at radius 2 is 1.78 bits per heavy atom. The Labute approximate surface area is 52.7 Å². The van der Waals surface area contributed by atoms with Gasteiger partial charge in [0.2, 0.25) is 0 Å². The van der Waals surface area contributed by atoms with Crippen molar-refractivity contribution in [3.05, 3.63) is 22.7 Å². The van der Waals surface area contributed by atoms with Crippen LogP contribution in [0.5, 0.6) is 0 Å². The van der Waals surface area contributed by atoms with Gasteiger partial charge in [-0.25, -0.2) is 0 Å². The molecule has 0 aliphatic heterocycles. The van der Waals surface area contributed by atoms with Gasteiger partial charge in [0.25, 0.3) is 0 Å². The Bertz CT molecular complexity index is 173. The molecule has 0 saturated carbocycles. The molecule has 0 radical (unpaired) electrons. The molecule has 0 fully saturated rings. The van der Waals surface area contributed by atoms with Crippen LogP contribution in [0.4, 0.5) is 0 Å². The first-order valence-electron chi connectivity index (χ1n) is 2.61. The molecule has 0 aliphatic rings. The van der Waals surface area contributed by atoms with Crippen LogP contribution in [-0.2, 0) is 0 Å². The summed E-state index contributed by atoms with van der Waals surface area (Å²) in [6.07, 6.45) is 0. The van der Waals surface area contributed by atoms with Crippen LogP contribution in [0.3, 0.4) is 0 Å². The average molecular weight is 125 g/mol. The second kappa shape index (κ2) is 1.97. The number of aryl methyl sites for hydroxylation is 2. The molecule has 0 unspecified atom stereocenters. The first-order chi connectivity index (χ1) is 4.18. The highest BCUT2D eigenvalue weighted by atomic mass is 16.5. The molecule has 1 rings (SSSR count). The number of nitrogens with zero attached hydrogens (tertiary/aromatic N) is 3. The van der Waals surface area contributed by atoms with Gasteiger partial charge >= 0.3 is 0 Å². The van der Waals surface area contributed by atoms with Crippen LogP contribution in [-0.4, -0.2) is 10.2 Å². The van der Waals surface area contributed by atoms with E-state index in [1.54, 1.807) is 19.9 Å². The summed E-state index contributed by atoms with van der Waals surface area (Å²) < 4.78 is 0. The monoisotopic (exact) mass is 125 g/mol. The van der Waals surface area contributed by atoms with E-state index >= 15 is 0 Å². The van der Waals surface area contributed by atoms with Crippen LogP contribution in [0.25, 0.3) is 0 Å². The van der Waals surface area contributed by atoms with Crippen LogP contribution in [0.15, 0.2) is 6.07 Å². The SMILES string of the molecule is Cc1cc(C)n[n+]([O-])n1. The minimum absolute atomic E-state index is 0.324. The smallest absolute Gasteiger partial charge is 0.111 e. The molecule has 0 saturated heterocycles. The molecule has 0 N–H and O–H groups in total. The van der Waals surface area contributed by atoms with Crippen molar-refractivity contribution in [3.8, 4) is 0 Å². The highest BCUT2D eigenvalue weighted by molar-refractivity contribution is 4.99. The third-order valence-corrected chi connectivity index (χ3v) is 0.904. The Hall–Kier alpha value is -1.19. The maximum atomic E-state index is 10.4. The van der Waals surface area contributed by atoms with Crippen molar-refractivity contribution in [3.63, 3.8) is 0 Å². The Kier molecular flexibility index (Phi) is 1.30. The lowest BCUT2D eigenvalue weighted by Gasteiger charge is -1.90.